The summed E-state index contributed by atoms with van der Waals surface area (Å²) in [6, 6.07) is 0. The molecular weight excluding hydrogens is 284 g/mol. The number of amides is 2. The molecule has 6 nitrogen and oxygen atoms in total. The number of ether oxygens (including phenoxy) is 1. The fourth-order valence-corrected chi connectivity index (χ4v) is 2.68. The molecular formula is C16H30N2O4. The molecule has 0 radical (unpaired) electrons. The van der Waals surface area contributed by atoms with E-state index in [9.17, 15) is 9.59 Å². The minimum Gasteiger partial charge on any atom is -0.444 e. The second kappa shape index (κ2) is 7.81. The number of nitrogens with zero attached hydrogens (tertiary/aromatic N) is 1. The molecule has 0 heterocycles. The van der Waals surface area contributed by atoms with Crippen molar-refractivity contribution in [2.45, 2.75) is 64.9 Å². The molecule has 0 aromatic rings. The predicted molar refractivity (Wildman–Crippen MR) is 84.2 cm³/mol. The molecule has 0 bridgehead atoms. The van der Waals surface area contributed by atoms with Gasteiger partial charge in [-0.2, -0.15) is 0 Å². The number of hydrogen-bond donors (Lipinski definition) is 1. The maximum Gasteiger partial charge on any atom is 0.407 e. The second-order valence-corrected chi connectivity index (χ2v) is 7.00. The Kier molecular flexibility index (Phi) is 6.66. The van der Waals surface area contributed by atoms with Crippen LogP contribution < -0.4 is 5.32 Å². The summed E-state index contributed by atoms with van der Waals surface area (Å²) in [4.78, 5) is 28.8. The second-order valence-electron chi connectivity index (χ2n) is 7.00. The summed E-state index contributed by atoms with van der Waals surface area (Å²) in [5.41, 5.74) is -0.728. The van der Waals surface area contributed by atoms with E-state index < -0.39 is 5.60 Å². The van der Waals surface area contributed by atoms with Crippen LogP contribution in [0.1, 0.15) is 59.3 Å². The predicted octanol–water partition coefficient (Wildman–Crippen LogP) is 2.87. The maximum atomic E-state index is 12.3. The monoisotopic (exact) mass is 314 g/mol. The SMILES string of the molecule is CON(C)C(=O)C1(CCCCNC(=O)OC(C)(C)C)CCC1. The van der Waals surface area contributed by atoms with Crippen LogP contribution in [-0.4, -0.2) is 43.4 Å². The quantitative estimate of drug-likeness (QED) is 0.579. The number of rotatable bonds is 7. The molecule has 1 aliphatic rings. The molecule has 2 amide bonds. The Morgan fingerprint density at radius 3 is 2.32 bits per heavy atom. The average molecular weight is 314 g/mol. The molecule has 0 aromatic heterocycles. The van der Waals surface area contributed by atoms with Crippen LogP contribution in [0.3, 0.4) is 0 Å². The summed E-state index contributed by atoms with van der Waals surface area (Å²) in [7, 11) is 3.17. The van der Waals surface area contributed by atoms with Gasteiger partial charge in [-0.1, -0.05) is 12.8 Å². The van der Waals surface area contributed by atoms with E-state index in [1.54, 1.807) is 7.05 Å². The van der Waals surface area contributed by atoms with Crippen molar-refractivity contribution in [3.8, 4) is 0 Å². The molecule has 1 rings (SSSR count). The molecule has 0 aromatic carbocycles. The number of unbranched alkanes of at least 4 members (excludes halogenated alkanes) is 1. The van der Waals surface area contributed by atoms with E-state index in [-0.39, 0.29) is 17.4 Å². The van der Waals surface area contributed by atoms with Gasteiger partial charge >= 0.3 is 6.09 Å². The summed E-state index contributed by atoms with van der Waals surface area (Å²) < 4.78 is 5.17. The van der Waals surface area contributed by atoms with E-state index in [0.717, 1.165) is 38.5 Å². The summed E-state index contributed by atoms with van der Waals surface area (Å²) in [6.07, 6.45) is 5.15. The minimum absolute atomic E-state index is 0.0707. The highest BCUT2D eigenvalue weighted by Crippen LogP contribution is 2.46. The van der Waals surface area contributed by atoms with Gasteiger partial charge in [0.05, 0.1) is 12.5 Å². The number of hydroxylamine groups is 2. The minimum atomic E-state index is -0.475. The van der Waals surface area contributed by atoms with Gasteiger partial charge in [0.1, 0.15) is 5.60 Å². The molecule has 1 N–H and O–H groups in total. The van der Waals surface area contributed by atoms with Gasteiger partial charge in [-0.15, -0.1) is 0 Å². The van der Waals surface area contributed by atoms with Gasteiger partial charge in [0.15, 0.2) is 0 Å². The lowest BCUT2D eigenvalue weighted by Gasteiger charge is -2.42. The Balaban J connectivity index is 2.26. The van der Waals surface area contributed by atoms with Gasteiger partial charge < -0.3 is 10.1 Å². The average Bonchev–Trinajstić information content (AvgIpc) is 2.37. The van der Waals surface area contributed by atoms with Crippen molar-refractivity contribution in [1.29, 1.82) is 0 Å². The molecule has 128 valence electrons. The van der Waals surface area contributed by atoms with Gasteiger partial charge in [0.25, 0.3) is 5.91 Å². The van der Waals surface area contributed by atoms with Crippen LogP contribution in [0.4, 0.5) is 4.79 Å². The number of nitrogens with one attached hydrogen (secondary N) is 1. The lowest BCUT2D eigenvalue weighted by atomic mass is 9.65. The van der Waals surface area contributed by atoms with Gasteiger partial charge in [0.2, 0.25) is 0 Å². The lowest BCUT2D eigenvalue weighted by Crippen LogP contribution is -2.46. The van der Waals surface area contributed by atoms with Crippen molar-refractivity contribution in [1.82, 2.24) is 10.4 Å². The highest BCUT2D eigenvalue weighted by molar-refractivity contribution is 5.82. The standard InChI is InChI=1S/C16H30N2O4/c1-15(2,3)22-14(20)17-12-7-6-9-16(10-8-11-16)13(19)18(4)21-5/h6-12H2,1-5H3,(H,17,20). The third-order valence-corrected chi connectivity index (χ3v) is 4.07. The van der Waals surface area contributed by atoms with Crippen LogP contribution in [0, 0.1) is 5.41 Å². The lowest BCUT2D eigenvalue weighted by molar-refractivity contribution is -0.186. The van der Waals surface area contributed by atoms with Crippen molar-refractivity contribution in [3.05, 3.63) is 0 Å². The fourth-order valence-electron chi connectivity index (χ4n) is 2.68. The Hall–Kier alpha value is -1.30. The van der Waals surface area contributed by atoms with Crippen LogP contribution >= 0.6 is 0 Å². The Morgan fingerprint density at radius 1 is 1.23 bits per heavy atom. The highest BCUT2D eigenvalue weighted by atomic mass is 16.7. The van der Waals surface area contributed by atoms with Gasteiger partial charge in [-0.05, 0) is 46.5 Å². The summed E-state index contributed by atoms with van der Waals surface area (Å²) in [5, 5.41) is 4.07. The number of hydrogen-bond acceptors (Lipinski definition) is 4. The van der Waals surface area contributed by atoms with E-state index in [4.69, 9.17) is 9.57 Å². The van der Waals surface area contributed by atoms with Crippen LogP contribution in [0.2, 0.25) is 0 Å². The summed E-state index contributed by atoms with van der Waals surface area (Å²) in [6.45, 7) is 6.08. The zero-order chi connectivity index (χ0) is 16.8. The van der Waals surface area contributed by atoms with Crippen molar-refractivity contribution in [2.75, 3.05) is 20.7 Å². The molecule has 0 saturated heterocycles. The van der Waals surface area contributed by atoms with Gasteiger partial charge in [0, 0.05) is 13.6 Å². The molecule has 0 atom stereocenters. The molecule has 1 fully saturated rings. The molecule has 0 aliphatic heterocycles. The Labute approximate surface area is 133 Å². The fraction of sp³-hybridized carbons (Fsp3) is 0.875. The van der Waals surface area contributed by atoms with Crippen LogP contribution in [0.15, 0.2) is 0 Å². The number of alkyl carbamates (subject to hydrolysis) is 1. The normalized spacial score (nSPS) is 16.6. The molecule has 0 spiro atoms. The third kappa shape index (κ3) is 5.48. The summed E-state index contributed by atoms with van der Waals surface area (Å²) >= 11 is 0. The zero-order valence-electron chi connectivity index (χ0n) is 14.5. The van der Waals surface area contributed by atoms with E-state index in [1.807, 2.05) is 20.8 Å². The van der Waals surface area contributed by atoms with E-state index in [1.165, 1.54) is 12.2 Å². The molecule has 6 heteroatoms. The number of carbonyl (C=O) groups is 2. The van der Waals surface area contributed by atoms with Crippen molar-refractivity contribution in [2.24, 2.45) is 5.41 Å². The van der Waals surface area contributed by atoms with E-state index in [2.05, 4.69) is 5.32 Å². The number of carbonyl (C=O) groups excluding carboxylic acids is 2. The summed E-state index contributed by atoms with van der Waals surface area (Å²) in [5.74, 6) is 0.0707. The first-order valence-corrected chi connectivity index (χ1v) is 7.99. The van der Waals surface area contributed by atoms with Crippen molar-refractivity contribution in [3.63, 3.8) is 0 Å². The van der Waals surface area contributed by atoms with Crippen LogP contribution in [0.5, 0.6) is 0 Å². The Bertz CT molecular complexity index is 386. The smallest absolute Gasteiger partial charge is 0.407 e. The van der Waals surface area contributed by atoms with E-state index in [0.29, 0.717) is 6.54 Å². The Morgan fingerprint density at radius 2 is 1.86 bits per heavy atom. The van der Waals surface area contributed by atoms with Gasteiger partial charge in [-0.25, -0.2) is 9.86 Å². The van der Waals surface area contributed by atoms with Crippen molar-refractivity contribution < 1.29 is 19.2 Å². The van der Waals surface area contributed by atoms with Crippen LogP contribution in [-0.2, 0) is 14.4 Å². The van der Waals surface area contributed by atoms with Crippen molar-refractivity contribution >= 4 is 12.0 Å². The zero-order valence-corrected chi connectivity index (χ0v) is 14.5. The van der Waals surface area contributed by atoms with E-state index >= 15 is 0 Å². The molecule has 0 unspecified atom stereocenters. The first kappa shape index (κ1) is 18.7. The first-order chi connectivity index (χ1) is 10.2. The molecule has 1 aliphatic carbocycles. The molecule has 1 saturated carbocycles. The topological polar surface area (TPSA) is 67.9 Å². The largest absolute Gasteiger partial charge is 0.444 e. The first-order valence-electron chi connectivity index (χ1n) is 7.99. The van der Waals surface area contributed by atoms with Gasteiger partial charge in [-0.3, -0.25) is 9.63 Å². The molecule has 22 heavy (non-hydrogen) atoms. The third-order valence-electron chi connectivity index (χ3n) is 4.07. The highest BCUT2D eigenvalue weighted by Gasteiger charge is 2.45. The van der Waals surface area contributed by atoms with Crippen LogP contribution in [0.25, 0.3) is 0 Å². The maximum absolute atomic E-state index is 12.3.